The molecule has 2 unspecified atom stereocenters. The molecule has 0 amide bonds. The molecule has 3 N–H and O–H groups in total. The standard InChI is InChI=1S/C12H24N6/c1-16-6-4-7-17(2)11(9-16)12(14-13)10-5-8-18(3)15-10/h5,8,11-12,14H,4,6-7,9,13H2,1-3H3. The number of hydrogen-bond acceptors (Lipinski definition) is 5. The SMILES string of the molecule is CN1CCCN(C)C(C(NN)c2ccn(C)n2)C1. The summed E-state index contributed by atoms with van der Waals surface area (Å²) >= 11 is 0. The van der Waals surface area contributed by atoms with Crippen LogP contribution < -0.4 is 11.3 Å². The van der Waals surface area contributed by atoms with Crippen LogP contribution in [0, 0.1) is 0 Å². The normalized spacial score (nSPS) is 25.0. The number of aromatic nitrogens is 2. The Hall–Kier alpha value is -0.950. The molecule has 1 saturated heterocycles. The predicted octanol–water partition coefficient (Wildman–Crippen LogP) is -0.440. The summed E-state index contributed by atoms with van der Waals surface area (Å²) in [5, 5.41) is 4.48. The third kappa shape index (κ3) is 2.89. The topological polar surface area (TPSA) is 62.4 Å². The van der Waals surface area contributed by atoms with Crippen molar-refractivity contribution in [1.82, 2.24) is 25.0 Å². The first kappa shape index (κ1) is 13.5. The second-order valence-electron chi connectivity index (χ2n) is 5.22. The van der Waals surface area contributed by atoms with E-state index in [-0.39, 0.29) is 6.04 Å². The van der Waals surface area contributed by atoms with E-state index in [1.807, 2.05) is 24.0 Å². The van der Waals surface area contributed by atoms with Gasteiger partial charge in [-0.25, -0.2) is 5.43 Å². The molecule has 2 rings (SSSR count). The highest BCUT2D eigenvalue weighted by atomic mass is 15.3. The van der Waals surface area contributed by atoms with E-state index in [1.54, 1.807) is 0 Å². The Labute approximate surface area is 109 Å². The van der Waals surface area contributed by atoms with E-state index >= 15 is 0 Å². The first-order chi connectivity index (χ1) is 8.61. The Morgan fingerprint density at radius 3 is 2.78 bits per heavy atom. The van der Waals surface area contributed by atoms with Crippen molar-refractivity contribution < 1.29 is 0 Å². The fraction of sp³-hybridized carbons (Fsp3) is 0.750. The summed E-state index contributed by atoms with van der Waals surface area (Å²) in [4.78, 5) is 4.74. The second kappa shape index (κ2) is 5.79. The van der Waals surface area contributed by atoms with E-state index in [2.05, 4.69) is 34.4 Å². The fourth-order valence-corrected chi connectivity index (χ4v) is 2.66. The third-order valence-corrected chi connectivity index (χ3v) is 3.73. The molecule has 1 aromatic rings. The van der Waals surface area contributed by atoms with Crippen LogP contribution in [-0.4, -0.2) is 59.4 Å². The largest absolute Gasteiger partial charge is 0.305 e. The van der Waals surface area contributed by atoms with Gasteiger partial charge in [-0.3, -0.25) is 10.5 Å². The molecule has 6 nitrogen and oxygen atoms in total. The van der Waals surface area contributed by atoms with Crippen LogP contribution in [-0.2, 0) is 7.05 Å². The summed E-state index contributed by atoms with van der Waals surface area (Å²) in [6.07, 6.45) is 3.16. The molecule has 0 bridgehead atoms. The van der Waals surface area contributed by atoms with E-state index in [1.165, 1.54) is 6.42 Å². The van der Waals surface area contributed by atoms with Crippen LogP contribution in [0.3, 0.4) is 0 Å². The Bertz CT molecular complexity index is 376. The molecule has 2 atom stereocenters. The van der Waals surface area contributed by atoms with Crippen LogP contribution in [0.5, 0.6) is 0 Å². The van der Waals surface area contributed by atoms with Gasteiger partial charge in [0, 0.05) is 25.8 Å². The summed E-state index contributed by atoms with van der Waals surface area (Å²) < 4.78 is 1.82. The lowest BCUT2D eigenvalue weighted by molar-refractivity contribution is 0.176. The van der Waals surface area contributed by atoms with Crippen molar-refractivity contribution in [3.8, 4) is 0 Å². The highest BCUT2D eigenvalue weighted by Crippen LogP contribution is 2.21. The molecule has 102 valence electrons. The van der Waals surface area contributed by atoms with Gasteiger partial charge in [0.15, 0.2) is 0 Å². The lowest BCUT2D eigenvalue weighted by atomic mass is 10.0. The molecule has 6 heteroatoms. The maximum absolute atomic E-state index is 5.76. The molecule has 1 aromatic heterocycles. The molecule has 0 spiro atoms. The first-order valence-corrected chi connectivity index (χ1v) is 6.46. The average Bonchev–Trinajstić information content (AvgIpc) is 2.67. The summed E-state index contributed by atoms with van der Waals surface area (Å²) in [5.74, 6) is 5.76. The van der Waals surface area contributed by atoms with Gasteiger partial charge in [-0.2, -0.15) is 5.10 Å². The van der Waals surface area contributed by atoms with E-state index < -0.39 is 0 Å². The van der Waals surface area contributed by atoms with Gasteiger partial charge in [-0.05, 0) is 39.7 Å². The van der Waals surface area contributed by atoms with Crippen molar-refractivity contribution in [2.45, 2.75) is 18.5 Å². The van der Waals surface area contributed by atoms with Crippen LogP contribution in [0.4, 0.5) is 0 Å². The summed E-state index contributed by atoms with van der Waals surface area (Å²) in [6, 6.07) is 2.44. The van der Waals surface area contributed by atoms with Crippen molar-refractivity contribution in [1.29, 1.82) is 0 Å². The smallest absolute Gasteiger partial charge is 0.0823 e. The Kier molecular flexibility index (Phi) is 4.34. The van der Waals surface area contributed by atoms with Crippen LogP contribution >= 0.6 is 0 Å². The minimum atomic E-state index is 0.0664. The number of rotatable bonds is 3. The molecule has 1 fully saturated rings. The summed E-state index contributed by atoms with van der Waals surface area (Å²) in [7, 11) is 6.26. The van der Waals surface area contributed by atoms with Crippen LogP contribution in [0.2, 0.25) is 0 Å². The monoisotopic (exact) mass is 252 g/mol. The number of nitrogens with zero attached hydrogens (tertiary/aromatic N) is 4. The van der Waals surface area contributed by atoms with Crippen LogP contribution in [0.25, 0.3) is 0 Å². The Morgan fingerprint density at radius 2 is 2.17 bits per heavy atom. The van der Waals surface area contributed by atoms with Gasteiger partial charge in [-0.1, -0.05) is 0 Å². The van der Waals surface area contributed by atoms with E-state index in [0.717, 1.165) is 25.3 Å². The number of hydrazine groups is 1. The maximum atomic E-state index is 5.76. The quantitative estimate of drug-likeness (QED) is 0.564. The molecule has 0 saturated carbocycles. The van der Waals surface area contributed by atoms with E-state index in [4.69, 9.17) is 5.84 Å². The highest BCUT2D eigenvalue weighted by Gasteiger charge is 2.30. The zero-order valence-corrected chi connectivity index (χ0v) is 11.5. The van der Waals surface area contributed by atoms with Crippen molar-refractivity contribution in [2.75, 3.05) is 33.7 Å². The number of likely N-dealkylation sites (N-methyl/N-ethyl adjacent to an activating group) is 2. The maximum Gasteiger partial charge on any atom is 0.0823 e. The van der Waals surface area contributed by atoms with Gasteiger partial charge in [0.25, 0.3) is 0 Å². The number of hydrogen-bond donors (Lipinski definition) is 2. The molecule has 0 aromatic carbocycles. The Morgan fingerprint density at radius 1 is 1.39 bits per heavy atom. The molecule has 2 heterocycles. The molecule has 18 heavy (non-hydrogen) atoms. The molecule has 1 aliphatic heterocycles. The molecular formula is C12H24N6. The molecule has 0 aliphatic carbocycles. The average molecular weight is 252 g/mol. The lowest BCUT2D eigenvalue weighted by Gasteiger charge is -2.33. The van der Waals surface area contributed by atoms with Gasteiger partial charge in [-0.15, -0.1) is 0 Å². The van der Waals surface area contributed by atoms with Gasteiger partial charge in [0.2, 0.25) is 0 Å². The second-order valence-corrected chi connectivity index (χ2v) is 5.22. The van der Waals surface area contributed by atoms with Crippen molar-refractivity contribution in [3.05, 3.63) is 18.0 Å². The first-order valence-electron chi connectivity index (χ1n) is 6.46. The Balaban J connectivity index is 2.19. The third-order valence-electron chi connectivity index (χ3n) is 3.73. The fourth-order valence-electron chi connectivity index (χ4n) is 2.66. The number of nitrogens with two attached hydrogens (primary N) is 1. The van der Waals surface area contributed by atoms with Crippen LogP contribution in [0.1, 0.15) is 18.2 Å². The van der Waals surface area contributed by atoms with E-state index in [0.29, 0.717) is 6.04 Å². The van der Waals surface area contributed by atoms with E-state index in [9.17, 15) is 0 Å². The molecule has 1 aliphatic rings. The minimum absolute atomic E-state index is 0.0664. The zero-order chi connectivity index (χ0) is 13.1. The summed E-state index contributed by atoms with van der Waals surface area (Å²) in [5.41, 5.74) is 3.94. The van der Waals surface area contributed by atoms with Gasteiger partial charge in [0.05, 0.1) is 11.7 Å². The number of nitrogens with one attached hydrogen (secondary N) is 1. The summed E-state index contributed by atoms with van der Waals surface area (Å²) in [6.45, 7) is 3.24. The molecular weight excluding hydrogens is 228 g/mol. The van der Waals surface area contributed by atoms with Crippen molar-refractivity contribution in [3.63, 3.8) is 0 Å². The van der Waals surface area contributed by atoms with Gasteiger partial charge < -0.3 is 9.80 Å². The highest BCUT2D eigenvalue weighted by molar-refractivity contribution is 5.09. The lowest BCUT2D eigenvalue weighted by Crippen LogP contribution is -2.49. The molecule has 0 radical (unpaired) electrons. The van der Waals surface area contributed by atoms with Crippen molar-refractivity contribution in [2.24, 2.45) is 12.9 Å². The van der Waals surface area contributed by atoms with Gasteiger partial charge >= 0.3 is 0 Å². The predicted molar refractivity (Wildman–Crippen MR) is 71.8 cm³/mol. The van der Waals surface area contributed by atoms with Crippen LogP contribution in [0.15, 0.2) is 12.3 Å². The van der Waals surface area contributed by atoms with Crippen molar-refractivity contribution >= 4 is 0 Å². The zero-order valence-electron chi connectivity index (χ0n) is 11.5. The van der Waals surface area contributed by atoms with Gasteiger partial charge in [0.1, 0.15) is 0 Å². The number of aryl methyl sites for hydroxylation is 1. The minimum Gasteiger partial charge on any atom is -0.305 e.